The highest BCUT2D eigenvalue weighted by atomic mass is 32.1. The molecule has 0 saturated heterocycles. The van der Waals surface area contributed by atoms with Gasteiger partial charge in [-0.15, -0.1) is 11.3 Å². The highest BCUT2D eigenvalue weighted by molar-refractivity contribution is 7.80. The van der Waals surface area contributed by atoms with E-state index in [9.17, 15) is 4.79 Å². The first-order valence-corrected chi connectivity index (χ1v) is 9.44. The van der Waals surface area contributed by atoms with Crippen LogP contribution in [0.4, 0.5) is 5.00 Å². The van der Waals surface area contributed by atoms with E-state index in [0.717, 1.165) is 29.1 Å². The molecule has 2 heterocycles. The van der Waals surface area contributed by atoms with Crippen molar-refractivity contribution in [2.24, 2.45) is 0 Å². The maximum absolute atomic E-state index is 11.9. The number of carbonyl (C=O) groups is 1. The molecule has 2 aromatic rings. The number of nitrogens with one attached hydrogen (secondary N) is 2. The maximum Gasteiger partial charge on any atom is 0.340 e. The molecule has 0 saturated carbocycles. The van der Waals surface area contributed by atoms with Crippen LogP contribution in [-0.4, -0.2) is 28.0 Å². The van der Waals surface area contributed by atoms with Crippen LogP contribution in [0, 0.1) is 6.92 Å². The van der Waals surface area contributed by atoms with Gasteiger partial charge < -0.3 is 15.4 Å². The number of aromatic nitrogens is 2. The second kappa shape index (κ2) is 8.44. The molecule has 0 radical (unpaired) electrons. The molecule has 2 aromatic heterocycles. The Morgan fingerprint density at radius 3 is 2.76 bits per heavy atom. The van der Waals surface area contributed by atoms with Gasteiger partial charge in [0, 0.05) is 22.7 Å². The molecule has 0 aliphatic heterocycles. The van der Waals surface area contributed by atoms with Gasteiger partial charge in [-0.25, -0.2) is 4.79 Å². The predicted octanol–water partition coefficient (Wildman–Crippen LogP) is 3.67. The van der Waals surface area contributed by atoms with Crippen LogP contribution < -0.4 is 10.6 Å². The highest BCUT2D eigenvalue weighted by Gasteiger charge is 2.19. The van der Waals surface area contributed by atoms with E-state index in [-0.39, 0.29) is 12.0 Å². The quantitative estimate of drug-likeness (QED) is 0.589. The number of hydrogen-bond acceptors (Lipinski definition) is 5. The molecule has 8 heteroatoms. The first kappa shape index (κ1) is 19.4. The molecule has 1 atom stereocenters. The monoisotopic (exact) mass is 380 g/mol. The molecule has 0 bridgehead atoms. The van der Waals surface area contributed by atoms with Crippen LogP contribution in [0.15, 0.2) is 12.3 Å². The Morgan fingerprint density at radius 1 is 1.48 bits per heavy atom. The lowest BCUT2D eigenvalue weighted by Gasteiger charge is -2.17. The van der Waals surface area contributed by atoms with Crippen molar-refractivity contribution >= 4 is 39.6 Å². The van der Waals surface area contributed by atoms with Gasteiger partial charge in [0.05, 0.1) is 24.9 Å². The summed E-state index contributed by atoms with van der Waals surface area (Å²) in [4.78, 5) is 13.0. The molecule has 6 nitrogen and oxygen atoms in total. The Kier molecular flexibility index (Phi) is 6.55. The highest BCUT2D eigenvalue weighted by Crippen LogP contribution is 2.29. The molecule has 2 N–H and O–H groups in total. The zero-order valence-corrected chi connectivity index (χ0v) is 16.8. The van der Waals surface area contributed by atoms with Gasteiger partial charge in [-0.05, 0) is 45.5 Å². The normalized spacial score (nSPS) is 11.9. The predicted molar refractivity (Wildman–Crippen MR) is 105 cm³/mol. The zero-order valence-electron chi connectivity index (χ0n) is 15.2. The van der Waals surface area contributed by atoms with Crippen molar-refractivity contribution in [1.82, 2.24) is 15.1 Å². The molecular weight excluding hydrogens is 356 g/mol. The minimum absolute atomic E-state index is 0.00693. The third-order valence-corrected chi connectivity index (χ3v) is 5.43. The third kappa shape index (κ3) is 4.38. The smallest absolute Gasteiger partial charge is 0.340 e. The summed E-state index contributed by atoms with van der Waals surface area (Å²) in [5, 5.41) is 11.9. The van der Waals surface area contributed by atoms with Crippen LogP contribution in [0.5, 0.6) is 0 Å². The van der Waals surface area contributed by atoms with Crippen LogP contribution >= 0.6 is 23.6 Å². The van der Waals surface area contributed by atoms with E-state index in [1.807, 2.05) is 37.7 Å². The van der Waals surface area contributed by atoms with Crippen molar-refractivity contribution in [2.75, 3.05) is 12.4 Å². The second-order valence-electron chi connectivity index (χ2n) is 5.62. The van der Waals surface area contributed by atoms with E-state index in [1.165, 1.54) is 18.4 Å². The van der Waals surface area contributed by atoms with Crippen LogP contribution in [0.1, 0.15) is 53.3 Å². The first-order valence-electron chi connectivity index (χ1n) is 8.22. The molecule has 0 fully saturated rings. The number of aryl methyl sites for hydroxylation is 2. The summed E-state index contributed by atoms with van der Waals surface area (Å²) in [5.41, 5.74) is 2.72. The van der Waals surface area contributed by atoms with Gasteiger partial charge in [-0.3, -0.25) is 4.68 Å². The average Bonchev–Trinajstić information content (AvgIpc) is 3.17. The maximum atomic E-state index is 11.9. The summed E-state index contributed by atoms with van der Waals surface area (Å²) in [6.45, 7) is 9.01. The van der Waals surface area contributed by atoms with Gasteiger partial charge in [0.25, 0.3) is 0 Å². The zero-order chi connectivity index (χ0) is 18.6. The van der Waals surface area contributed by atoms with Gasteiger partial charge in [0.15, 0.2) is 5.11 Å². The van der Waals surface area contributed by atoms with Gasteiger partial charge in [-0.2, -0.15) is 5.10 Å². The van der Waals surface area contributed by atoms with Crippen LogP contribution in [0.25, 0.3) is 0 Å². The first-order chi connectivity index (χ1) is 11.9. The minimum atomic E-state index is -0.366. The fourth-order valence-corrected chi connectivity index (χ4v) is 3.92. The fraction of sp³-hybridized carbons (Fsp3) is 0.471. The molecule has 1 unspecified atom stereocenters. The van der Waals surface area contributed by atoms with E-state index >= 15 is 0 Å². The lowest BCUT2D eigenvalue weighted by molar-refractivity contribution is 0.0602. The molecule has 25 heavy (non-hydrogen) atoms. The lowest BCUT2D eigenvalue weighted by atomic mass is 10.1. The summed E-state index contributed by atoms with van der Waals surface area (Å²) in [6, 6.07) is 1.85. The van der Waals surface area contributed by atoms with Crippen molar-refractivity contribution in [1.29, 1.82) is 0 Å². The van der Waals surface area contributed by atoms with Gasteiger partial charge >= 0.3 is 5.97 Å². The topological polar surface area (TPSA) is 68.2 Å². The number of nitrogens with zero attached hydrogens (tertiary/aromatic N) is 2. The van der Waals surface area contributed by atoms with Crippen molar-refractivity contribution in [2.45, 2.75) is 46.7 Å². The van der Waals surface area contributed by atoms with Crippen LogP contribution in [0.2, 0.25) is 0 Å². The van der Waals surface area contributed by atoms with Crippen molar-refractivity contribution in [3.8, 4) is 0 Å². The van der Waals surface area contributed by atoms with Crippen molar-refractivity contribution in [3.05, 3.63) is 34.0 Å². The minimum Gasteiger partial charge on any atom is -0.465 e. The molecule has 0 spiro atoms. The number of ether oxygens (including phenoxy) is 1. The largest absolute Gasteiger partial charge is 0.465 e. The molecule has 2 rings (SSSR count). The Bertz CT molecular complexity index is 767. The molecule has 0 aliphatic carbocycles. The van der Waals surface area contributed by atoms with Crippen molar-refractivity contribution in [3.63, 3.8) is 0 Å². The summed E-state index contributed by atoms with van der Waals surface area (Å²) in [5.74, 6) is -0.366. The Hall–Kier alpha value is -1.93. The molecular formula is C17H24N4O2S2. The number of rotatable bonds is 6. The number of thiocarbonyl (C=S) groups is 1. The van der Waals surface area contributed by atoms with Gasteiger partial charge in [0.2, 0.25) is 0 Å². The second-order valence-corrected chi connectivity index (χ2v) is 7.17. The third-order valence-electron chi connectivity index (χ3n) is 4.02. The average molecular weight is 381 g/mol. The Balaban J connectivity index is 2.10. The fourth-order valence-electron chi connectivity index (χ4n) is 2.59. The molecule has 0 aromatic carbocycles. The van der Waals surface area contributed by atoms with E-state index in [0.29, 0.717) is 15.7 Å². The number of thiophene rings is 1. The van der Waals surface area contributed by atoms with Gasteiger partial charge in [-0.1, -0.05) is 6.92 Å². The van der Waals surface area contributed by atoms with E-state index in [4.69, 9.17) is 17.0 Å². The van der Waals surface area contributed by atoms with E-state index in [2.05, 4.69) is 22.7 Å². The number of anilines is 1. The lowest BCUT2D eigenvalue weighted by Crippen LogP contribution is -2.31. The van der Waals surface area contributed by atoms with Crippen molar-refractivity contribution < 1.29 is 9.53 Å². The molecule has 0 amide bonds. The van der Waals surface area contributed by atoms with Crippen LogP contribution in [0.3, 0.4) is 0 Å². The summed E-state index contributed by atoms with van der Waals surface area (Å²) in [7, 11) is 1.38. The van der Waals surface area contributed by atoms with Gasteiger partial charge in [0.1, 0.15) is 5.00 Å². The Morgan fingerprint density at radius 2 is 2.20 bits per heavy atom. The number of esters is 1. The van der Waals surface area contributed by atoms with E-state index in [1.54, 1.807) is 0 Å². The summed E-state index contributed by atoms with van der Waals surface area (Å²) < 4.78 is 6.80. The summed E-state index contributed by atoms with van der Waals surface area (Å²) in [6.07, 6.45) is 2.71. The standard InChI is InChI=1S/C17H24N4O2S2/c1-6-12-8-13(16(22)23-5)15(25-12)20-17(24)19-10(3)14-9-18-21(7-2)11(14)4/h8-10H,6-7H2,1-5H3,(H2,19,20,24). The number of methoxy groups -OCH3 is 1. The molecule has 0 aliphatic rings. The summed E-state index contributed by atoms with van der Waals surface area (Å²) >= 11 is 6.93. The Labute approximate surface area is 157 Å². The number of carbonyl (C=O) groups excluding carboxylic acids is 1. The van der Waals surface area contributed by atoms with E-state index < -0.39 is 0 Å². The molecule has 136 valence electrons. The number of hydrogen-bond donors (Lipinski definition) is 2. The van der Waals surface area contributed by atoms with Crippen LogP contribution in [-0.2, 0) is 17.7 Å². The SMILES string of the molecule is CCc1cc(C(=O)OC)c(NC(=S)NC(C)c2cnn(CC)c2C)s1.